The van der Waals surface area contributed by atoms with Crippen LogP contribution in [-0.2, 0) is 0 Å². The van der Waals surface area contributed by atoms with E-state index in [0.29, 0.717) is 13.1 Å². The van der Waals surface area contributed by atoms with E-state index in [1.165, 1.54) is 37.0 Å². The molecule has 0 aromatic carbocycles. The molecule has 0 atom stereocenters. The van der Waals surface area contributed by atoms with Crippen LogP contribution in [0.25, 0.3) is 0 Å². The van der Waals surface area contributed by atoms with Gasteiger partial charge < -0.3 is 20.1 Å². The van der Waals surface area contributed by atoms with Gasteiger partial charge in [-0.15, -0.1) is 11.3 Å². The van der Waals surface area contributed by atoms with Crippen molar-refractivity contribution in [2.24, 2.45) is 0 Å². The number of hydrogen-bond acceptors (Lipinski definition) is 5. The van der Waals surface area contributed by atoms with E-state index in [4.69, 9.17) is 9.47 Å². The molecule has 1 rings (SSSR count). The van der Waals surface area contributed by atoms with Gasteiger partial charge in [0.15, 0.2) is 11.5 Å². The van der Waals surface area contributed by atoms with E-state index >= 15 is 0 Å². The molecule has 27 heavy (non-hydrogen) atoms. The van der Waals surface area contributed by atoms with Gasteiger partial charge in [-0.2, -0.15) is 0 Å². The number of carbonyl (C=O) groups is 2. The van der Waals surface area contributed by atoms with Crippen molar-refractivity contribution in [3.05, 3.63) is 10.8 Å². The molecule has 0 saturated carbocycles. The predicted octanol–water partition coefficient (Wildman–Crippen LogP) is 5.87. The molecule has 0 bridgehead atoms. The van der Waals surface area contributed by atoms with Crippen LogP contribution in [0.4, 0.5) is 9.59 Å². The van der Waals surface area contributed by atoms with Gasteiger partial charge in [0, 0.05) is 23.8 Å². The summed E-state index contributed by atoms with van der Waals surface area (Å²) in [6.45, 7) is 5.50. The molecule has 0 saturated heterocycles. The van der Waals surface area contributed by atoms with Crippen LogP contribution in [0.5, 0.6) is 11.5 Å². The minimum absolute atomic E-state index is 0.265. The van der Waals surface area contributed by atoms with Crippen LogP contribution in [0.2, 0.25) is 0 Å². The molecule has 0 spiro atoms. The van der Waals surface area contributed by atoms with Gasteiger partial charge >= 0.3 is 12.2 Å². The zero-order valence-electron chi connectivity index (χ0n) is 16.7. The summed E-state index contributed by atoms with van der Waals surface area (Å²) in [7, 11) is 0. The smallest absolute Gasteiger partial charge is 0.405 e. The molecule has 0 radical (unpaired) electrons. The first-order chi connectivity index (χ1) is 13.2. The SMILES string of the molecule is CCCCCCCCNC(=O)Oc1cscc1OC(=O)NCCCCCC. The van der Waals surface area contributed by atoms with Crippen molar-refractivity contribution in [1.29, 1.82) is 0 Å². The molecule has 1 aromatic heterocycles. The Kier molecular flexibility index (Phi) is 13.2. The van der Waals surface area contributed by atoms with E-state index < -0.39 is 12.2 Å². The summed E-state index contributed by atoms with van der Waals surface area (Å²) in [5, 5.41) is 8.74. The number of hydrogen-bond donors (Lipinski definition) is 2. The Morgan fingerprint density at radius 3 is 1.63 bits per heavy atom. The van der Waals surface area contributed by atoms with Gasteiger partial charge in [0.05, 0.1) is 0 Å². The molecule has 154 valence electrons. The fourth-order valence-electron chi connectivity index (χ4n) is 2.53. The maximum atomic E-state index is 11.9. The number of amides is 2. The van der Waals surface area contributed by atoms with E-state index in [0.717, 1.165) is 38.5 Å². The minimum atomic E-state index is -0.526. The molecule has 2 N–H and O–H groups in total. The second kappa shape index (κ2) is 15.3. The Morgan fingerprint density at radius 2 is 1.15 bits per heavy atom. The van der Waals surface area contributed by atoms with Crippen LogP contribution in [0.3, 0.4) is 0 Å². The summed E-state index contributed by atoms with van der Waals surface area (Å²) in [5.74, 6) is 0.530. The summed E-state index contributed by atoms with van der Waals surface area (Å²) in [4.78, 5) is 23.7. The maximum Gasteiger partial charge on any atom is 0.412 e. The normalized spacial score (nSPS) is 10.4. The molecular weight excluding hydrogens is 364 g/mol. The quantitative estimate of drug-likeness (QED) is 0.384. The molecule has 0 aliphatic carbocycles. The molecule has 0 aliphatic rings. The molecule has 0 unspecified atom stereocenters. The second-order valence-electron chi connectivity index (χ2n) is 6.56. The molecule has 1 aromatic rings. The zero-order valence-corrected chi connectivity index (χ0v) is 17.5. The first-order valence-electron chi connectivity index (χ1n) is 10.1. The zero-order chi connectivity index (χ0) is 19.7. The maximum absolute atomic E-state index is 11.9. The molecule has 0 fully saturated rings. The lowest BCUT2D eigenvalue weighted by Crippen LogP contribution is -2.29. The van der Waals surface area contributed by atoms with Gasteiger partial charge in [-0.1, -0.05) is 65.2 Å². The fourth-order valence-corrected chi connectivity index (χ4v) is 3.18. The third-order valence-corrected chi connectivity index (χ3v) is 4.80. The Morgan fingerprint density at radius 1 is 0.741 bits per heavy atom. The highest BCUT2D eigenvalue weighted by Crippen LogP contribution is 2.31. The third kappa shape index (κ3) is 11.5. The highest BCUT2D eigenvalue weighted by molar-refractivity contribution is 7.08. The molecule has 1 heterocycles. The van der Waals surface area contributed by atoms with Crippen molar-refractivity contribution in [2.75, 3.05) is 13.1 Å². The van der Waals surface area contributed by atoms with Gasteiger partial charge in [-0.25, -0.2) is 9.59 Å². The van der Waals surface area contributed by atoms with Crippen molar-refractivity contribution >= 4 is 23.5 Å². The van der Waals surface area contributed by atoms with Crippen molar-refractivity contribution < 1.29 is 19.1 Å². The van der Waals surface area contributed by atoms with E-state index in [1.807, 2.05) is 0 Å². The number of nitrogens with one attached hydrogen (secondary N) is 2. The molecule has 2 amide bonds. The number of rotatable bonds is 14. The van der Waals surface area contributed by atoms with E-state index in [1.54, 1.807) is 10.8 Å². The molecular formula is C20H34N2O4S. The lowest BCUT2D eigenvalue weighted by Gasteiger charge is -2.09. The standard InChI is InChI=1S/C20H34N2O4S/c1-3-5-7-9-10-12-14-22-20(24)26-18-16-27-15-17(18)25-19(23)21-13-11-8-6-4-2/h15-16H,3-14H2,1-2H3,(H,21,23)(H,22,24). The minimum Gasteiger partial charge on any atom is -0.405 e. The van der Waals surface area contributed by atoms with Gasteiger partial charge in [-0.05, 0) is 12.8 Å². The van der Waals surface area contributed by atoms with Gasteiger partial charge in [0.2, 0.25) is 0 Å². The monoisotopic (exact) mass is 398 g/mol. The average Bonchev–Trinajstić information content (AvgIpc) is 3.07. The predicted molar refractivity (Wildman–Crippen MR) is 110 cm³/mol. The van der Waals surface area contributed by atoms with Crippen LogP contribution >= 0.6 is 11.3 Å². The summed E-state index contributed by atoms with van der Waals surface area (Å²) < 4.78 is 10.5. The summed E-state index contributed by atoms with van der Waals surface area (Å²) in [6.07, 6.45) is 10.3. The summed E-state index contributed by atoms with van der Waals surface area (Å²) >= 11 is 1.31. The highest BCUT2D eigenvalue weighted by Gasteiger charge is 2.14. The van der Waals surface area contributed by atoms with Gasteiger partial charge in [-0.3, -0.25) is 0 Å². The van der Waals surface area contributed by atoms with Crippen molar-refractivity contribution in [2.45, 2.75) is 78.1 Å². The summed E-state index contributed by atoms with van der Waals surface area (Å²) in [6, 6.07) is 0. The van der Waals surface area contributed by atoms with Crippen LogP contribution in [0.1, 0.15) is 78.1 Å². The number of ether oxygens (including phenoxy) is 2. The number of unbranched alkanes of at least 4 members (excludes halogenated alkanes) is 8. The topological polar surface area (TPSA) is 76.7 Å². The van der Waals surface area contributed by atoms with Gasteiger partial charge in [0.1, 0.15) is 0 Å². The largest absolute Gasteiger partial charge is 0.412 e. The Balaban J connectivity index is 2.21. The highest BCUT2D eigenvalue weighted by atomic mass is 32.1. The van der Waals surface area contributed by atoms with Crippen molar-refractivity contribution in [3.63, 3.8) is 0 Å². The average molecular weight is 399 g/mol. The van der Waals surface area contributed by atoms with E-state index in [2.05, 4.69) is 24.5 Å². The molecule has 0 aliphatic heterocycles. The van der Waals surface area contributed by atoms with Crippen LogP contribution < -0.4 is 20.1 Å². The Bertz CT molecular complexity index is 534. The van der Waals surface area contributed by atoms with Crippen LogP contribution in [0.15, 0.2) is 10.8 Å². The third-order valence-electron chi connectivity index (χ3n) is 4.10. The van der Waals surface area contributed by atoms with Crippen LogP contribution in [-0.4, -0.2) is 25.3 Å². The first-order valence-corrected chi connectivity index (χ1v) is 11.1. The Hall–Kier alpha value is -1.76. The number of carbonyl (C=O) groups excluding carboxylic acids is 2. The summed E-state index contributed by atoms with van der Waals surface area (Å²) in [5.41, 5.74) is 0. The number of thiophene rings is 1. The van der Waals surface area contributed by atoms with Gasteiger partial charge in [0.25, 0.3) is 0 Å². The molecule has 6 nitrogen and oxygen atoms in total. The second-order valence-corrected chi connectivity index (χ2v) is 7.30. The molecule has 7 heteroatoms. The lowest BCUT2D eigenvalue weighted by molar-refractivity contribution is 0.190. The van der Waals surface area contributed by atoms with Crippen LogP contribution in [0, 0.1) is 0 Å². The van der Waals surface area contributed by atoms with E-state index in [-0.39, 0.29) is 11.5 Å². The Labute approximate surface area is 167 Å². The van der Waals surface area contributed by atoms with Crippen molar-refractivity contribution in [1.82, 2.24) is 10.6 Å². The van der Waals surface area contributed by atoms with E-state index in [9.17, 15) is 9.59 Å². The lowest BCUT2D eigenvalue weighted by atomic mass is 10.1. The van der Waals surface area contributed by atoms with Crippen molar-refractivity contribution in [3.8, 4) is 11.5 Å². The fraction of sp³-hybridized carbons (Fsp3) is 0.700. The first kappa shape index (κ1) is 23.3.